The maximum absolute atomic E-state index is 2.43. The summed E-state index contributed by atoms with van der Waals surface area (Å²) >= 11 is 0. The van der Waals surface area contributed by atoms with Crippen molar-refractivity contribution in [2.45, 2.75) is 33.6 Å². The van der Waals surface area contributed by atoms with Gasteiger partial charge in [0.2, 0.25) is 0 Å². The van der Waals surface area contributed by atoms with Crippen molar-refractivity contribution in [3.63, 3.8) is 0 Å². The van der Waals surface area contributed by atoms with E-state index < -0.39 is 0 Å². The van der Waals surface area contributed by atoms with Crippen LogP contribution in [0.3, 0.4) is 0 Å². The van der Waals surface area contributed by atoms with Crippen molar-refractivity contribution < 1.29 is 0 Å². The second-order valence-electron chi connectivity index (χ2n) is 4.02. The highest BCUT2D eigenvalue weighted by Crippen LogP contribution is 2.78. The minimum Gasteiger partial charge on any atom is -0.0651 e. The zero-order valence-corrected chi connectivity index (χ0v) is 6.65. The first-order chi connectivity index (χ1) is 4.23. The largest absolute Gasteiger partial charge is 0.0651 e. The van der Waals surface area contributed by atoms with Crippen molar-refractivity contribution >= 4 is 0 Å². The van der Waals surface area contributed by atoms with Gasteiger partial charge in [-0.15, -0.1) is 0 Å². The van der Waals surface area contributed by atoms with Crippen LogP contribution in [-0.2, 0) is 0 Å². The molecule has 2 fully saturated rings. The molecule has 0 N–H and O–H groups in total. The lowest BCUT2D eigenvalue weighted by Crippen LogP contribution is -1.78. The standard InChI is InChI=1S/C9H16/c1-4-8-7(3)9(8)5-6(9)2/h6-8H,4-5H2,1-3H3. The van der Waals surface area contributed by atoms with Crippen LogP contribution in [0.15, 0.2) is 0 Å². The third kappa shape index (κ3) is 0.461. The molecule has 0 saturated heterocycles. The fourth-order valence-electron chi connectivity index (χ4n) is 3.11. The molecule has 2 rings (SSSR count). The van der Waals surface area contributed by atoms with Gasteiger partial charge < -0.3 is 0 Å². The zero-order valence-electron chi connectivity index (χ0n) is 6.65. The van der Waals surface area contributed by atoms with Crippen molar-refractivity contribution in [2.24, 2.45) is 23.2 Å². The Balaban J connectivity index is 2.05. The van der Waals surface area contributed by atoms with Gasteiger partial charge in [0.15, 0.2) is 0 Å². The molecule has 0 radical (unpaired) electrons. The van der Waals surface area contributed by atoms with Gasteiger partial charge in [0.25, 0.3) is 0 Å². The van der Waals surface area contributed by atoms with Crippen molar-refractivity contribution in [3.8, 4) is 0 Å². The average Bonchev–Trinajstić information content (AvgIpc) is 2.58. The van der Waals surface area contributed by atoms with Gasteiger partial charge in [-0.2, -0.15) is 0 Å². The lowest BCUT2D eigenvalue weighted by Gasteiger charge is -1.85. The lowest BCUT2D eigenvalue weighted by molar-refractivity contribution is 0.637. The average molecular weight is 124 g/mol. The van der Waals surface area contributed by atoms with Gasteiger partial charge in [-0.25, -0.2) is 0 Å². The Labute approximate surface area is 57.6 Å². The van der Waals surface area contributed by atoms with Gasteiger partial charge >= 0.3 is 0 Å². The summed E-state index contributed by atoms with van der Waals surface area (Å²) in [5.74, 6) is 3.24. The van der Waals surface area contributed by atoms with Crippen LogP contribution >= 0.6 is 0 Å². The second kappa shape index (κ2) is 1.36. The molecule has 0 nitrogen and oxygen atoms in total. The Morgan fingerprint density at radius 1 is 1.44 bits per heavy atom. The van der Waals surface area contributed by atoms with Crippen LogP contribution in [0.25, 0.3) is 0 Å². The zero-order chi connectivity index (χ0) is 6.65. The van der Waals surface area contributed by atoms with Crippen LogP contribution in [0.5, 0.6) is 0 Å². The normalized spacial score (nSPS) is 62.3. The molecule has 0 heteroatoms. The lowest BCUT2D eigenvalue weighted by atomic mass is 10.2. The summed E-state index contributed by atoms with van der Waals surface area (Å²) in [6.07, 6.45) is 2.96. The van der Waals surface area contributed by atoms with Gasteiger partial charge in [-0.1, -0.05) is 27.2 Å². The maximum atomic E-state index is 2.43. The molecule has 4 unspecified atom stereocenters. The topological polar surface area (TPSA) is 0 Å². The van der Waals surface area contributed by atoms with E-state index in [0.717, 1.165) is 23.2 Å². The highest BCUT2D eigenvalue weighted by Gasteiger charge is 2.72. The quantitative estimate of drug-likeness (QED) is 0.504. The summed E-state index contributed by atoms with van der Waals surface area (Å²) in [7, 11) is 0. The second-order valence-corrected chi connectivity index (χ2v) is 4.02. The van der Waals surface area contributed by atoms with Crippen molar-refractivity contribution in [1.29, 1.82) is 0 Å². The van der Waals surface area contributed by atoms with Gasteiger partial charge in [0.05, 0.1) is 0 Å². The van der Waals surface area contributed by atoms with Crippen LogP contribution < -0.4 is 0 Å². The van der Waals surface area contributed by atoms with Crippen molar-refractivity contribution in [3.05, 3.63) is 0 Å². The molecule has 2 saturated carbocycles. The Hall–Kier alpha value is 0. The monoisotopic (exact) mass is 124 g/mol. The smallest absolute Gasteiger partial charge is 0.0209 e. The van der Waals surface area contributed by atoms with E-state index in [1.165, 1.54) is 12.8 Å². The summed E-state index contributed by atoms with van der Waals surface area (Å²) in [6.45, 7) is 7.17. The van der Waals surface area contributed by atoms with Crippen LogP contribution in [0.1, 0.15) is 33.6 Å². The molecule has 2 aliphatic carbocycles. The molecule has 0 amide bonds. The molecular weight excluding hydrogens is 108 g/mol. The Bertz CT molecular complexity index is 139. The summed E-state index contributed by atoms with van der Waals surface area (Å²) in [5.41, 5.74) is 0.884. The highest BCUT2D eigenvalue weighted by molar-refractivity contribution is 5.20. The minimum absolute atomic E-state index is 0.884. The molecule has 9 heavy (non-hydrogen) atoms. The molecule has 0 aromatic carbocycles. The van der Waals surface area contributed by atoms with Crippen molar-refractivity contribution in [1.82, 2.24) is 0 Å². The predicted octanol–water partition coefficient (Wildman–Crippen LogP) is 2.69. The van der Waals surface area contributed by atoms with Crippen LogP contribution in [-0.4, -0.2) is 0 Å². The predicted molar refractivity (Wildman–Crippen MR) is 39.2 cm³/mol. The first-order valence-electron chi connectivity index (χ1n) is 4.23. The van der Waals surface area contributed by atoms with E-state index in [2.05, 4.69) is 20.8 Å². The van der Waals surface area contributed by atoms with Crippen LogP contribution in [0.2, 0.25) is 0 Å². The molecule has 0 aromatic heterocycles. The van der Waals surface area contributed by atoms with Gasteiger partial charge in [-0.05, 0) is 29.6 Å². The number of hydrogen-bond donors (Lipinski definition) is 0. The Morgan fingerprint density at radius 3 is 2.11 bits per heavy atom. The van der Waals surface area contributed by atoms with E-state index in [1.54, 1.807) is 0 Å². The first-order valence-corrected chi connectivity index (χ1v) is 4.23. The summed E-state index contributed by atoms with van der Waals surface area (Å²) in [4.78, 5) is 0. The van der Waals surface area contributed by atoms with E-state index in [9.17, 15) is 0 Å². The van der Waals surface area contributed by atoms with E-state index in [0.29, 0.717) is 0 Å². The molecule has 52 valence electrons. The molecule has 0 aliphatic heterocycles. The highest BCUT2D eigenvalue weighted by atomic mass is 14.8. The molecule has 0 aromatic rings. The van der Waals surface area contributed by atoms with Gasteiger partial charge in [-0.3, -0.25) is 0 Å². The third-order valence-corrected chi connectivity index (χ3v) is 3.89. The molecule has 4 atom stereocenters. The maximum Gasteiger partial charge on any atom is -0.0209 e. The number of rotatable bonds is 1. The Kier molecular flexibility index (Phi) is 0.868. The van der Waals surface area contributed by atoms with Crippen LogP contribution in [0, 0.1) is 23.2 Å². The SMILES string of the molecule is CCC1C(C)C12CC2C. The fraction of sp³-hybridized carbons (Fsp3) is 1.00. The third-order valence-electron chi connectivity index (χ3n) is 3.89. The molecule has 0 heterocycles. The van der Waals surface area contributed by atoms with Crippen LogP contribution in [0.4, 0.5) is 0 Å². The first kappa shape index (κ1) is 5.76. The summed E-state index contributed by atoms with van der Waals surface area (Å²) in [5, 5.41) is 0. The minimum atomic E-state index is 0.884. The molecular formula is C9H16. The van der Waals surface area contributed by atoms with E-state index in [1.807, 2.05) is 0 Å². The van der Waals surface area contributed by atoms with E-state index >= 15 is 0 Å². The number of hydrogen-bond acceptors (Lipinski definition) is 0. The summed E-state index contributed by atoms with van der Waals surface area (Å²) in [6, 6.07) is 0. The van der Waals surface area contributed by atoms with E-state index in [-0.39, 0.29) is 0 Å². The van der Waals surface area contributed by atoms with E-state index in [4.69, 9.17) is 0 Å². The van der Waals surface area contributed by atoms with Gasteiger partial charge in [0.1, 0.15) is 0 Å². The molecule has 0 bridgehead atoms. The molecule has 1 spiro atoms. The summed E-state index contributed by atoms with van der Waals surface area (Å²) < 4.78 is 0. The molecule has 2 aliphatic rings. The van der Waals surface area contributed by atoms with Crippen molar-refractivity contribution in [2.75, 3.05) is 0 Å². The Morgan fingerprint density at radius 2 is 2.00 bits per heavy atom. The van der Waals surface area contributed by atoms with Gasteiger partial charge in [0, 0.05) is 0 Å². The fourth-order valence-corrected chi connectivity index (χ4v) is 3.11.